The van der Waals surface area contributed by atoms with E-state index in [0.29, 0.717) is 33.8 Å². The second-order valence-electron chi connectivity index (χ2n) is 8.53. The van der Waals surface area contributed by atoms with Crippen LogP contribution in [0.15, 0.2) is 47.1 Å². The highest BCUT2D eigenvalue weighted by atomic mass is 16.4. The van der Waals surface area contributed by atoms with E-state index in [2.05, 4.69) is 41.1 Å². The van der Waals surface area contributed by atoms with Crippen molar-refractivity contribution in [2.75, 3.05) is 5.73 Å². The number of benzene rings is 1. The summed E-state index contributed by atoms with van der Waals surface area (Å²) in [6.07, 6.45) is 0.465. The van der Waals surface area contributed by atoms with Crippen molar-refractivity contribution in [3.8, 4) is 11.5 Å². The maximum atomic E-state index is 12.3. The Morgan fingerprint density at radius 1 is 1.16 bits per heavy atom. The van der Waals surface area contributed by atoms with Gasteiger partial charge in [-0.15, -0.1) is 5.10 Å². The van der Waals surface area contributed by atoms with Gasteiger partial charge in [0, 0.05) is 5.39 Å². The number of furan rings is 1. The number of nitrogens with two attached hydrogens (primary N) is 1. The summed E-state index contributed by atoms with van der Waals surface area (Å²) in [4.78, 5) is 20.9. The number of carbonyl (C=O) groups is 1. The predicted molar refractivity (Wildman–Crippen MR) is 118 cm³/mol. The summed E-state index contributed by atoms with van der Waals surface area (Å²) in [6.45, 7) is 6.30. The number of rotatable bonds is 3. The van der Waals surface area contributed by atoms with Gasteiger partial charge < -0.3 is 15.3 Å². The third kappa shape index (κ3) is 2.99. The quantitative estimate of drug-likeness (QED) is 0.439. The molecule has 5 rings (SSSR count). The van der Waals surface area contributed by atoms with Crippen molar-refractivity contribution in [3.05, 3.63) is 53.9 Å². The van der Waals surface area contributed by atoms with Gasteiger partial charge in [0.25, 0.3) is 0 Å². The number of fused-ring (bicyclic) bond motifs is 2. The van der Waals surface area contributed by atoms with Gasteiger partial charge in [0.2, 0.25) is 5.95 Å². The molecule has 5 aromatic rings. The van der Waals surface area contributed by atoms with Crippen LogP contribution in [-0.2, 0) is 12.0 Å². The van der Waals surface area contributed by atoms with Gasteiger partial charge in [0.1, 0.15) is 5.69 Å². The average molecular weight is 431 g/mol. The molecule has 4 aromatic heterocycles. The lowest BCUT2D eigenvalue weighted by Crippen LogP contribution is -2.20. The van der Waals surface area contributed by atoms with Crippen molar-refractivity contribution >= 4 is 34.1 Å². The second kappa shape index (κ2) is 6.91. The smallest absolute Gasteiger partial charge is 0.416 e. The van der Waals surface area contributed by atoms with Crippen LogP contribution in [-0.4, -0.2) is 40.7 Å². The molecule has 0 aliphatic rings. The van der Waals surface area contributed by atoms with Crippen LogP contribution >= 0.6 is 0 Å². The van der Waals surface area contributed by atoms with Crippen LogP contribution in [0.5, 0.6) is 0 Å². The molecule has 0 atom stereocenters. The molecule has 4 heterocycles. The summed E-state index contributed by atoms with van der Waals surface area (Å²) >= 11 is 0. The molecule has 0 bridgehead atoms. The topological polar surface area (TPSA) is 138 Å². The maximum absolute atomic E-state index is 12.3. The number of nitrogens with zero attached hydrogens (tertiary/aromatic N) is 6. The molecule has 10 nitrogen and oxygen atoms in total. The fraction of sp³-hybridized carbons (Fsp3) is 0.227. The molecule has 0 saturated heterocycles. The number of anilines is 1. The SMILES string of the molecule is CC(C)(C)c1c(Cn2nnc3c(-c4ccco4)nc(N)nc32)n(C(=O)O)c2ccccc12. The molecule has 0 saturated carbocycles. The predicted octanol–water partition coefficient (Wildman–Crippen LogP) is 3.89. The molecule has 0 fully saturated rings. The Hall–Kier alpha value is -4.21. The van der Waals surface area contributed by atoms with Crippen LogP contribution in [0.4, 0.5) is 10.7 Å². The zero-order chi connectivity index (χ0) is 22.6. The normalized spacial score (nSPS) is 12.1. The van der Waals surface area contributed by atoms with Gasteiger partial charge in [-0.05, 0) is 29.2 Å². The molecule has 10 heteroatoms. The van der Waals surface area contributed by atoms with Crippen LogP contribution in [0.1, 0.15) is 32.0 Å². The second-order valence-corrected chi connectivity index (χ2v) is 8.53. The molecule has 1 aromatic carbocycles. The van der Waals surface area contributed by atoms with Gasteiger partial charge in [0.15, 0.2) is 16.9 Å². The zero-order valence-electron chi connectivity index (χ0n) is 17.8. The number of carboxylic acid groups (broad SMARTS) is 1. The molecule has 0 radical (unpaired) electrons. The summed E-state index contributed by atoms with van der Waals surface area (Å²) < 4.78 is 8.31. The van der Waals surface area contributed by atoms with Crippen LogP contribution in [0, 0.1) is 0 Å². The van der Waals surface area contributed by atoms with Gasteiger partial charge in [-0.25, -0.2) is 19.0 Å². The van der Waals surface area contributed by atoms with Gasteiger partial charge in [-0.3, -0.25) is 0 Å². The highest BCUT2D eigenvalue weighted by Gasteiger charge is 2.29. The van der Waals surface area contributed by atoms with Crippen molar-refractivity contribution < 1.29 is 14.3 Å². The van der Waals surface area contributed by atoms with E-state index in [1.165, 1.54) is 10.8 Å². The molecule has 0 aliphatic heterocycles. The van der Waals surface area contributed by atoms with Crippen LogP contribution in [0.25, 0.3) is 33.5 Å². The number of nitrogen functional groups attached to an aromatic ring is 1. The lowest BCUT2D eigenvalue weighted by molar-refractivity contribution is 0.196. The first-order valence-corrected chi connectivity index (χ1v) is 10.0. The van der Waals surface area contributed by atoms with E-state index in [1.807, 2.05) is 18.2 Å². The molecule has 162 valence electrons. The molecular formula is C22H21N7O3. The summed E-state index contributed by atoms with van der Waals surface area (Å²) in [5.74, 6) is 0.536. The number of para-hydroxylation sites is 1. The molecule has 0 spiro atoms. The van der Waals surface area contributed by atoms with Crippen LogP contribution in [0.2, 0.25) is 0 Å². The van der Waals surface area contributed by atoms with Gasteiger partial charge in [-0.1, -0.05) is 44.2 Å². The number of hydrogen-bond acceptors (Lipinski definition) is 7. The number of hydrogen-bond donors (Lipinski definition) is 2. The Morgan fingerprint density at radius 2 is 1.94 bits per heavy atom. The van der Waals surface area contributed by atoms with Gasteiger partial charge in [0.05, 0.1) is 24.0 Å². The standard InChI is InChI=1S/C22H21N7O3/c1-22(2,3)16-12-7-4-5-8-13(12)29(21(30)31)14(16)11-28-19-18(26-27-28)17(24-20(23)25-19)15-9-6-10-32-15/h4-10H,11H2,1-3H3,(H,30,31)(H2,23,24,25). The Morgan fingerprint density at radius 3 is 2.62 bits per heavy atom. The minimum absolute atomic E-state index is 0.0438. The van der Waals surface area contributed by atoms with Crippen LogP contribution < -0.4 is 5.73 Å². The lowest BCUT2D eigenvalue weighted by atomic mass is 9.84. The lowest BCUT2D eigenvalue weighted by Gasteiger charge is -2.21. The number of aromatic nitrogens is 6. The molecular weight excluding hydrogens is 410 g/mol. The Labute approximate surface area is 182 Å². The van der Waals surface area contributed by atoms with E-state index in [-0.39, 0.29) is 17.9 Å². The maximum Gasteiger partial charge on any atom is 0.416 e. The highest BCUT2D eigenvalue weighted by molar-refractivity contribution is 5.94. The zero-order valence-corrected chi connectivity index (χ0v) is 17.8. The largest absolute Gasteiger partial charge is 0.464 e. The van der Waals surface area contributed by atoms with Crippen molar-refractivity contribution in [1.29, 1.82) is 0 Å². The first kappa shape index (κ1) is 19.7. The first-order valence-electron chi connectivity index (χ1n) is 10.0. The molecule has 0 aliphatic carbocycles. The molecule has 3 N–H and O–H groups in total. The molecule has 32 heavy (non-hydrogen) atoms. The summed E-state index contributed by atoms with van der Waals surface area (Å²) in [7, 11) is 0. The van der Waals surface area contributed by atoms with Crippen molar-refractivity contribution in [3.63, 3.8) is 0 Å². The Balaban J connectivity index is 1.76. The van der Waals surface area contributed by atoms with E-state index < -0.39 is 6.09 Å². The monoisotopic (exact) mass is 431 g/mol. The third-order valence-electron chi connectivity index (χ3n) is 5.35. The molecule has 0 unspecified atom stereocenters. The Bertz CT molecular complexity index is 1470. The Kier molecular flexibility index (Phi) is 4.26. The van der Waals surface area contributed by atoms with Crippen molar-refractivity contribution in [2.24, 2.45) is 0 Å². The van der Waals surface area contributed by atoms with E-state index >= 15 is 0 Å². The van der Waals surface area contributed by atoms with Gasteiger partial charge >= 0.3 is 6.09 Å². The van der Waals surface area contributed by atoms with E-state index in [4.69, 9.17) is 10.2 Å². The van der Waals surface area contributed by atoms with E-state index in [0.717, 1.165) is 10.9 Å². The highest BCUT2D eigenvalue weighted by Crippen LogP contribution is 2.36. The van der Waals surface area contributed by atoms with E-state index in [9.17, 15) is 9.90 Å². The van der Waals surface area contributed by atoms with E-state index in [1.54, 1.807) is 22.9 Å². The summed E-state index contributed by atoms with van der Waals surface area (Å²) in [6, 6.07) is 11.0. The minimum atomic E-state index is -1.07. The fourth-order valence-electron chi connectivity index (χ4n) is 4.20. The molecule has 0 amide bonds. The van der Waals surface area contributed by atoms with Crippen molar-refractivity contribution in [2.45, 2.75) is 32.7 Å². The van der Waals surface area contributed by atoms with Crippen molar-refractivity contribution in [1.82, 2.24) is 29.5 Å². The minimum Gasteiger partial charge on any atom is -0.464 e. The first-order chi connectivity index (χ1) is 15.3. The summed E-state index contributed by atoms with van der Waals surface area (Å²) in [5.41, 5.74) is 9.02. The summed E-state index contributed by atoms with van der Waals surface area (Å²) in [5, 5.41) is 19.4. The third-order valence-corrected chi connectivity index (χ3v) is 5.35. The van der Waals surface area contributed by atoms with Gasteiger partial charge in [-0.2, -0.15) is 4.98 Å². The van der Waals surface area contributed by atoms with Crippen LogP contribution in [0.3, 0.4) is 0 Å². The fourth-order valence-corrected chi connectivity index (χ4v) is 4.20. The average Bonchev–Trinajstić information content (AvgIpc) is 3.44.